The van der Waals surface area contributed by atoms with Gasteiger partial charge in [-0.3, -0.25) is 0 Å². The van der Waals surface area contributed by atoms with Crippen LogP contribution >= 0.6 is 0 Å². The number of hydrogen-bond acceptors (Lipinski definition) is 1. The molecule has 1 atom stereocenters. The van der Waals surface area contributed by atoms with Crippen molar-refractivity contribution in [3.05, 3.63) is 48.0 Å². The normalized spacial score (nSPS) is 14.1. The molecular formula is C13H16F3N. The van der Waals surface area contributed by atoms with Crippen LogP contribution in [0.3, 0.4) is 0 Å². The van der Waals surface area contributed by atoms with Crippen LogP contribution < -0.4 is 5.32 Å². The Morgan fingerprint density at radius 1 is 1.24 bits per heavy atom. The molecule has 1 aromatic rings. The van der Waals surface area contributed by atoms with Gasteiger partial charge >= 0.3 is 6.18 Å². The highest BCUT2D eigenvalue weighted by Gasteiger charge is 2.40. The minimum absolute atomic E-state index is 0.250. The Labute approximate surface area is 99.3 Å². The highest BCUT2D eigenvalue weighted by molar-refractivity contribution is 5.20. The Morgan fingerprint density at radius 2 is 1.88 bits per heavy atom. The number of benzene rings is 1. The van der Waals surface area contributed by atoms with Gasteiger partial charge in [-0.2, -0.15) is 13.2 Å². The van der Waals surface area contributed by atoms with E-state index in [4.69, 9.17) is 0 Å². The molecule has 0 amide bonds. The number of nitrogens with one attached hydrogen (secondary N) is 1. The third kappa shape index (κ3) is 4.61. The second kappa shape index (κ2) is 6.45. The summed E-state index contributed by atoms with van der Waals surface area (Å²) < 4.78 is 38.5. The molecule has 0 radical (unpaired) electrons. The molecule has 1 rings (SSSR count). The van der Waals surface area contributed by atoms with Crippen molar-refractivity contribution in [3.8, 4) is 0 Å². The molecule has 0 fully saturated rings. The lowest BCUT2D eigenvalue weighted by Gasteiger charge is -2.21. The standard InChI is InChI=1S/C13H16F3N/c1-2-3-7-10-17-12(13(14,15)16)11-8-5-4-6-9-11/h2-6,8-9,12,17H,7,10H2,1H3/b3-2+. The molecule has 0 aliphatic heterocycles. The smallest absolute Gasteiger partial charge is 0.302 e. The molecule has 0 bridgehead atoms. The third-order valence-electron chi connectivity index (χ3n) is 2.36. The summed E-state index contributed by atoms with van der Waals surface area (Å²) in [4.78, 5) is 0. The van der Waals surface area contributed by atoms with E-state index in [-0.39, 0.29) is 5.56 Å². The number of rotatable bonds is 5. The van der Waals surface area contributed by atoms with E-state index in [1.54, 1.807) is 18.2 Å². The van der Waals surface area contributed by atoms with Gasteiger partial charge in [-0.1, -0.05) is 42.5 Å². The van der Waals surface area contributed by atoms with Crippen molar-refractivity contribution < 1.29 is 13.2 Å². The van der Waals surface area contributed by atoms with Crippen molar-refractivity contribution in [2.24, 2.45) is 0 Å². The van der Waals surface area contributed by atoms with Crippen LogP contribution in [0.4, 0.5) is 13.2 Å². The molecule has 0 heterocycles. The maximum atomic E-state index is 12.8. The summed E-state index contributed by atoms with van der Waals surface area (Å²) in [7, 11) is 0. The molecule has 0 aliphatic rings. The van der Waals surface area contributed by atoms with Gasteiger partial charge in [-0.25, -0.2) is 0 Å². The highest BCUT2D eigenvalue weighted by Crippen LogP contribution is 2.32. The first-order valence-corrected chi connectivity index (χ1v) is 5.52. The van der Waals surface area contributed by atoms with Crippen LogP contribution in [-0.2, 0) is 0 Å². The molecule has 0 spiro atoms. The van der Waals surface area contributed by atoms with Gasteiger partial charge in [-0.05, 0) is 25.5 Å². The highest BCUT2D eigenvalue weighted by atomic mass is 19.4. The molecule has 17 heavy (non-hydrogen) atoms. The summed E-state index contributed by atoms with van der Waals surface area (Å²) in [6.07, 6.45) is -0.00852. The van der Waals surface area contributed by atoms with E-state index in [1.165, 1.54) is 12.1 Å². The fourth-order valence-electron chi connectivity index (χ4n) is 1.55. The molecule has 4 heteroatoms. The molecule has 0 saturated carbocycles. The molecule has 1 unspecified atom stereocenters. The number of hydrogen-bond donors (Lipinski definition) is 1. The Balaban J connectivity index is 2.69. The van der Waals surface area contributed by atoms with Gasteiger partial charge < -0.3 is 5.32 Å². The topological polar surface area (TPSA) is 12.0 Å². The van der Waals surface area contributed by atoms with Crippen molar-refractivity contribution >= 4 is 0 Å². The summed E-state index contributed by atoms with van der Waals surface area (Å²) in [5.74, 6) is 0. The van der Waals surface area contributed by atoms with E-state index in [0.717, 1.165) is 0 Å². The van der Waals surface area contributed by atoms with Gasteiger partial charge in [0, 0.05) is 0 Å². The lowest BCUT2D eigenvalue weighted by Crippen LogP contribution is -2.34. The van der Waals surface area contributed by atoms with Crippen molar-refractivity contribution in [2.75, 3.05) is 6.54 Å². The largest absolute Gasteiger partial charge is 0.407 e. The third-order valence-corrected chi connectivity index (χ3v) is 2.36. The molecule has 1 aromatic carbocycles. The van der Waals surface area contributed by atoms with Crippen molar-refractivity contribution in [3.63, 3.8) is 0 Å². The SMILES string of the molecule is C/C=C/CCNC(c1ccccc1)C(F)(F)F. The van der Waals surface area contributed by atoms with E-state index in [0.29, 0.717) is 13.0 Å². The van der Waals surface area contributed by atoms with E-state index in [2.05, 4.69) is 5.32 Å². The van der Waals surface area contributed by atoms with Gasteiger partial charge in [0.25, 0.3) is 0 Å². The van der Waals surface area contributed by atoms with Gasteiger partial charge in [-0.15, -0.1) is 0 Å². The average molecular weight is 243 g/mol. The fourth-order valence-corrected chi connectivity index (χ4v) is 1.55. The van der Waals surface area contributed by atoms with E-state index in [1.807, 2.05) is 19.1 Å². The first-order chi connectivity index (χ1) is 8.05. The molecule has 0 saturated heterocycles. The summed E-state index contributed by atoms with van der Waals surface area (Å²) in [5.41, 5.74) is 0.250. The Bertz CT molecular complexity index is 343. The van der Waals surface area contributed by atoms with Crippen LogP contribution in [0.25, 0.3) is 0 Å². The first kappa shape index (κ1) is 13.8. The van der Waals surface area contributed by atoms with E-state index < -0.39 is 12.2 Å². The quantitative estimate of drug-likeness (QED) is 0.612. The van der Waals surface area contributed by atoms with Crippen LogP contribution in [-0.4, -0.2) is 12.7 Å². The Morgan fingerprint density at radius 3 is 2.41 bits per heavy atom. The van der Waals surface area contributed by atoms with Crippen LogP contribution in [0.5, 0.6) is 0 Å². The average Bonchev–Trinajstić information content (AvgIpc) is 2.28. The number of allylic oxidation sites excluding steroid dienone is 1. The first-order valence-electron chi connectivity index (χ1n) is 5.52. The fraction of sp³-hybridized carbons (Fsp3) is 0.385. The molecule has 1 nitrogen and oxygen atoms in total. The van der Waals surface area contributed by atoms with Crippen molar-refractivity contribution in [1.29, 1.82) is 0 Å². The molecule has 94 valence electrons. The Kier molecular flexibility index (Phi) is 5.22. The summed E-state index contributed by atoms with van der Waals surface area (Å²) in [6.45, 7) is 2.15. The molecule has 0 aliphatic carbocycles. The van der Waals surface area contributed by atoms with Crippen LogP contribution in [0.1, 0.15) is 24.9 Å². The lowest BCUT2D eigenvalue weighted by molar-refractivity contribution is -0.157. The van der Waals surface area contributed by atoms with Crippen LogP contribution in [0, 0.1) is 0 Å². The minimum Gasteiger partial charge on any atom is -0.302 e. The summed E-state index contributed by atoms with van der Waals surface area (Å²) in [5, 5.41) is 2.53. The minimum atomic E-state index is -4.27. The zero-order chi connectivity index (χ0) is 12.7. The van der Waals surface area contributed by atoms with Crippen molar-refractivity contribution in [1.82, 2.24) is 5.32 Å². The van der Waals surface area contributed by atoms with Gasteiger partial charge in [0.15, 0.2) is 0 Å². The molecule has 1 N–H and O–H groups in total. The van der Waals surface area contributed by atoms with E-state index in [9.17, 15) is 13.2 Å². The van der Waals surface area contributed by atoms with Crippen molar-refractivity contribution in [2.45, 2.75) is 25.6 Å². The second-order valence-corrected chi connectivity index (χ2v) is 3.70. The number of halogens is 3. The van der Waals surface area contributed by atoms with E-state index >= 15 is 0 Å². The maximum Gasteiger partial charge on any atom is 0.407 e. The predicted octanol–water partition coefficient (Wildman–Crippen LogP) is 3.85. The van der Waals surface area contributed by atoms with Gasteiger partial charge in [0.05, 0.1) is 0 Å². The molecule has 0 aromatic heterocycles. The zero-order valence-electron chi connectivity index (χ0n) is 9.67. The summed E-state index contributed by atoms with van der Waals surface area (Å²) >= 11 is 0. The van der Waals surface area contributed by atoms with Crippen LogP contribution in [0.2, 0.25) is 0 Å². The summed E-state index contributed by atoms with van der Waals surface area (Å²) in [6, 6.07) is 6.32. The number of alkyl halides is 3. The van der Waals surface area contributed by atoms with Crippen LogP contribution in [0.15, 0.2) is 42.5 Å². The van der Waals surface area contributed by atoms with Gasteiger partial charge in [0.2, 0.25) is 0 Å². The zero-order valence-corrected chi connectivity index (χ0v) is 9.67. The Hall–Kier alpha value is -1.29. The maximum absolute atomic E-state index is 12.8. The molecular weight excluding hydrogens is 227 g/mol. The predicted molar refractivity (Wildman–Crippen MR) is 62.7 cm³/mol. The lowest BCUT2D eigenvalue weighted by atomic mass is 10.1. The van der Waals surface area contributed by atoms with Gasteiger partial charge in [0.1, 0.15) is 6.04 Å². The monoisotopic (exact) mass is 243 g/mol. The second-order valence-electron chi connectivity index (χ2n) is 3.70.